The summed E-state index contributed by atoms with van der Waals surface area (Å²) in [5.74, 6) is 0.275. The van der Waals surface area contributed by atoms with Gasteiger partial charge in [0.25, 0.3) is 5.56 Å². The largest absolute Gasteiger partial charge is 0.384 e. The molecular formula is C16H13Cl2N5O3. The van der Waals surface area contributed by atoms with E-state index in [9.17, 15) is 9.59 Å². The van der Waals surface area contributed by atoms with E-state index < -0.39 is 11.2 Å². The number of rotatable bonds is 4. The summed E-state index contributed by atoms with van der Waals surface area (Å²) in [7, 11) is 1.41. The normalized spacial score (nSPS) is 11.3. The van der Waals surface area contributed by atoms with Gasteiger partial charge in [-0.1, -0.05) is 46.6 Å². The Labute approximate surface area is 157 Å². The van der Waals surface area contributed by atoms with Gasteiger partial charge in [-0.3, -0.25) is 9.36 Å². The Morgan fingerprint density at radius 1 is 1.19 bits per heavy atom. The summed E-state index contributed by atoms with van der Waals surface area (Å²) in [6, 6.07) is 7.19. The number of nitrogen functional groups attached to an aromatic ring is 1. The molecular weight excluding hydrogens is 381 g/mol. The number of halogens is 2. The molecule has 3 rings (SSSR count). The molecule has 0 radical (unpaired) electrons. The molecule has 134 valence electrons. The van der Waals surface area contributed by atoms with E-state index in [1.165, 1.54) is 7.05 Å². The minimum atomic E-state index is -0.719. The van der Waals surface area contributed by atoms with Crippen LogP contribution < -0.4 is 17.0 Å². The highest BCUT2D eigenvalue weighted by Gasteiger charge is 2.16. The molecule has 0 saturated heterocycles. The SMILES string of the molecule is Cn1c(N)c(Cl)c(=O)n(Cc2nc(/C=C/c3ccc(Cl)cc3)no2)c1=O. The molecule has 0 saturated carbocycles. The lowest BCUT2D eigenvalue weighted by molar-refractivity contribution is 0.364. The Balaban J connectivity index is 1.85. The zero-order valence-corrected chi connectivity index (χ0v) is 15.0. The molecule has 0 fully saturated rings. The van der Waals surface area contributed by atoms with Crippen LogP contribution in [-0.4, -0.2) is 19.3 Å². The molecule has 0 bridgehead atoms. The monoisotopic (exact) mass is 393 g/mol. The summed E-state index contributed by atoms with van der Waals surface area (Å²) in [5.41, 5.74) is 5.15. The first-order valence-corrected chi connectivity index (χ1v) is 8.13. The van der Waals surface area contributed by atoms with Gasteiger partial charge in [0.2, 0.25) is 5.89 Å². The summed E-state index contributed by atoms with van der Waals surface area (Å²) in [6.45, 7) is -0.215. The molecule has 2 N–H and O–H groups in total. The minimum absolute atomic E-state index is 0.0841. The summed E-state index contributed by atoms with van der Waals surface area (Å²) >= 11 is 11.7. The molecule has 2 aromatic heterocycles. The Hall–Kier alpha value is -2.84. The predicted molar refractivity (Wildman–Crippen MR) is 99.1 cm³/mol. The van der Waals surface area contributed by atoms with E-state index in [0.29, 0.717) is 10.8 Å². The summed E-state index contributed by atoms with van der Waals surface area (Å²) in [6.07, 6.45) is 3.41. The molecule has 0 aliphatic heterocycles. The van der Waals surface area contributed by atoms with Crippen molar-refractivity contribution in [3.8, 4) is 0 Å². The van der Waals surface area contributed by atoms with Crippen molar-refractivity contribution in [1.29, 1.82) is 0 Å². The molecule has 1 aromatic carbocycles. The number of nitrogens with two attached hydrogens (primary N) is 1. The van der Waals surface area contributed by atoms with Crippen LogP contribution in [-0.2, 0) is 13.6 Å². The van der Waals surface area contributed by atoms with Gasteiger partial charge in [-0.2, -0.15) is 4.98 Å². The summed E-state index contributed by atoms with van der Waals surface area (Å²) in [5, 5.41) is 4.18. The smallest absolute Gasteiger partial charge is 0.332 e. The molecule has 0 unspecified atom stereocenters. The van der Waals surface area contributed by atoms with Crippen LogP contribution in [0.15, 0.2) is 38.4 Å². The van der Waals surface area contributed by atoms with Crippen molar-refractivity contribution < 1.29 is 4.52 Å². The average Bonchev–Trinajstić information content (AvgIpc) is 3.09. The summed E-state index contributed by atoms with van der Waals surface area (Å²) < 4.78 is 7.03. The lowest BCUT2D eigenvalue weighted by Crippen LogP contribution is -2.40. The highest BCUT2D eigenvalue weighted by molar-refractivity contribution is 6.32. The quantitative estimate of drug-likeness (QED) is 0.726. The van der Waals surface area contributed by atoms with Crippen LogP contribution in [0.4, 0.5) is 5.82 Å². The van der Waals surface area contributed by atoms with Gasteiger partial charge in [-0.25, -0.2) is 9.36 Å². The number of benzene rings is 1. The molecule has 2 heterocycles. The van der Waals surface area contributed by atoms with Crippen molar-refractivity contribution in [2.45, 2.75) is 6.54 Å². The standard InChI is InChI=1S/C16H13Cl2N5O3/c1-22-14(19)13(18)15(24)23(16(22)25)8-12-20-11(21-26-12)7-4-9-2-5-10(17)6-3-9/h2-7H,8,19H2,1H3/b7-4+. The van der Waals surface area contributed by atoms with Crippen LogP contribution in [0.2, 0.25) is 10.0 Å². The Morgan fingerprint density at radius 3 is 2.58 bits per heavy atom. The second-order valence-corrected chi connectivity index (χ2v) is 6.18. The highest BCUT2D eigenvalue weighted by Crippen LogP contribution is 2.12. The second-order valence-electron chi connectivity index (χ2n) is 5.36. The van der Waals surface area contributed by atoms with Crippen molar-refractivity contribution in [2.24, 2.45) is 7.05 Å². The van der Waals surface area contributed by atoms with Gasteiger partial charge in [-0.05, 0) is 23.8 Å². The zero-order chi connectivity index (χ0) is 18.8. The van der Waals surface area contributed by atoms with E-state index in [4.69, 9.17) is 33.5 Å². The third-order valence-corrected chi connectivity index (χ3v) is 4.22. The second kappa shape index (κ2) is 7.19. The van der Waals surface area contributed by atoms with Crippen molar-refractivity contribution in [1.82, 2.24) is 19.3 Å². The van der Waals surface area contributed by atoms with E-state index in [1.54, 1.807) is 24.3 Å². The van der Waals surface area contributed by atoms with Gasteiger partial charge < -0.3 is 10.3 Å². The minimum Gasteiger partial charge on any atom is -0.384 e. The first kappa shape index (κ1) is 18.0. The number of nitrogens with zero attached hydrogens (tertiary/aromatic N) is 4. The van der Waals surface area contributed by atoms with E-state index in [1.807, 2.05) is 12.1 Å². The van der Waals surface area contributed by atoms with Crippen LogP contribution in [0.1, 0.15) is 17.3 Å². The van der Waals surface area contributed by atoms with Gasteiger partial charge in [0.1, 0.15) is 17.4 Å². The molecule has 0 aliphatic carbocycles. The van der Waals surface area contributed by atoms with Crippen molar-refractivity contribution in [2.75, 3.05) is 5.73 Å². The maximum atomic E-state index is 12.2. The third-order valence-electron chi connectivity index (χ3n) is 3.61. The number of hydrogen-bond acceptors (Lipinski definition) is 6. The summed E-state index contributed by atoms with van der Waals surface area (Å²) in [4.78, 5) is 28.4. The van der Waals surface area contributed by atoms with E-state index >= 15 is 0 Å². The number of hydrogen-bond donors (Lipinski definition) is 1. The van der Waals surface area contributed by atoms with Crippen molar-refractivity contribution >= 4 is 41.2 Å². The molecule has 8 nitrogen and oxygen atoms in total. The van der Waals surface area contributed by atoms with Gasteiger partial charge in [0, 0.05) is 12.1 Å². The first-order valence-electron chi connectivity index (χ1n) is 7.38. The molecule has 0 aliphatic rings. The number of aromatic nitrogens is 4. The lowest BCUT2D eigenvalue weighted by Gasteiger charge is -2.08. The fraction of sp³-hybridized carbons (Fsp3) is 0.125. The van der Waals surface area contributed by atoms with Crippen LogP contribution in [0.3, 0.4) is 0 Å². The van der Waals surface area contributed by atoms with Crippen LogP contribution >= 0.6 is 23.2 Å². The molecule has 26 heavy (non-hydrogen) atoms. The van der Waals surface area contributed by atoms with Gasteiger partial charge in [-0.15, -0.1) is 0 Å². The van der Waals surface area contributed by atoms with E-state index in [0.717, 1.165) is 14.7 Å². The number of anilines is 1. The van der Waals surface area contributed by atoms with E-state index in [-0.39, 0.29) is 23.3 Å². The molecule has 0 amide bonds. The van der Waals surface area contributed by atoms with Crippen molar-refractivity contribution in [3.63, 3.8) is 0 Å². The fourth-order valence-electron chi connectivity index (χ4n) is 2.17. The maximum absolute atomic E-state index is 12.2. The van der Waals surface area contributed by atoms with Gasteiger partial charge in [0.15, 0.2) is 5.82 Å². The first-order chi connectivity index (χ1) is 12.4. The Morgan fingerprint density at radius 2 is 1.88 bits per heavy atom. The molecule has 10 heteroatoms. The fourth-order valence-corrected chi connectivity index (χ4v) is 2.52. The zero-order valence-electron chi connectivity index (χ0n) is 13.5. The van der Waals surface area contributed by atoms with Crippen LogP contribution in [0.25, 0.3) is 12.2 Å². The average molecular weight is 394 g/mol. The predicted octanol–water partition coefficient (Wildman–Crippen LogP) is 2.04. The van der Waals surface area contributed by atoms with Crippen molar-refractivity contribution in [3.05, 3.63) is 72.4 Å². The van der Waals surface area contributed by atoms with Gasteiger partial charge in [0.05, 0.1) is 0 Å². The van der Waals surface area contributed by atoms with Crippen LogP contribution in [0.5, 0.6) is 0 Å². The molecule has 3 aromatic rings. The Kier molecular flexibility index (Phi) is 4.97. The van der Waals surface area contributed by atoms with Crippen LogP contribution in [0, 0.1) is 0 Å². The third kappa shape index (κ3) is 3.56. The molecule has 0 atom stereocenters. The molecule has 0 spiro atoms. The Bertz CT molecular complexity index is 1060. The van der Waals surface area contributed by atoms with Gasteiger partial charge >= 0.3 is 5.69 Å². The topological polar surface area (TPSA) is 109 Å². The van der Waals surface area contributed by atoms with E-state index in [2.05, 4.69) is 10.1 Å². The lowest BCUT2D eigenvalue weighted by atomic mass is 10.2. The highest BCUT2D eigenvalue weighted by atomic mass is 35.5. The maximum Gasteiger partial charge on any atom is 0.332 e.